The van der Waals surface area contributed by atoms with Crippen LogP contribution in [0.5, 0.6) is 0 Å². The first-order valence-electron chi connectivity index (χ1n) is 7.89. The average Bonchev–Trinajstić information content (AvgIpc) is 3.08. The molecule has 0 spiro atoms. The first-order chi connectivity index (χ1) is 11.4. The molecular formula is C17H21N3O3S. The molecule has 0 aromatic heterocycles. The number of anilines is 1. The number of hydrogen-bond acceptors (Lipinski definition) is 4. The van der Waals surface area contributed by atoms with E-state index in [1.807, 2.05) is 12.1 Å². The predicted molar refractivity (Wildman–Crippen MR) is 94.5 cm³/mol. The number of hydrogen-bond donors (Lipinski definition) is 2. The molecule has 2 aromatic rings. The normalized spacial score (nSPS) is 18.2. The fourth-order valence-electron chi connectivity index (χ4n) is 3.10. The smallest absolute Gasteiger partial charge is 0.243 e. The molecule has 2 aromatic carbocycles. The maximum absolute atomic E-state index is 13.1. The zero-order valence-electron chi connectivity index (χ0n) is 13.7. The lowest BCUT2D eigenvalue weighted by Gasteiger charge is -2.24. The van der Waals surface area contributed by atoms with Crippen molar-refractivity contribution in [3.05, 3.63) is 36.4 Å². The van der Waals surface area contributed by atoms with Gasteiger partial charge in [0.15, 0.2) is 0 Å². The van der Waals surface area contributed by atoms with Crippen LogP contribution in [0.2, 0.25) is 0 Å². The van der Waals surface area contributed by atoms with Crippen molar-refractivity contribution >= 4 is 32.4 Å². The standard InChI is InChI=1S/C17H21N3O3S/c1-12(21)19-16-7-8-17(15-6-4-3-5-14(15)16)24(22,23)20(2)13-9-10-18-11-13/h3-8,13,18H,9-11H2,1-2H3,(H,19,21). The number of carbonyl (C=O) groups excluding carboxylic acids is 1. The Labute approximate surface area is 141 Å². The summed E-state index contributed by atoms with van der Waals surface area (Å²) in [4.78, 5) is 11.6. The highest BCUT2D eigenvalue weighted by atomic mass is 32.2. The Morgan fingerprint density at radius 2 is 1.92 bits per heavy atom. The summed E-state index contributed by atoms with van der Waals surface area (Å²) in [5.74, 6) is -0.190. The molecule has 1 fully saturated rings. The van der Waals surface area contributed by atoms with E-state index in [9.17, 15) is 13.2 Å². The van der Waals surface area contributed by atoms with Crippen LogP contribution in [0.4, 0.5) is 5.69 Å². The summed E-state index contributed by atoms with van der Waals surface area (Å²) in [6.45, 7) is 2.92. The maximum Gasteiger partial charge on any atom is 0.243 e. The van der Waals surface area contributed by atoms with Gasteiger partial charge in [-0.1, -0.05) is 24.3 Å². The lowest BCUT2D eigenvalue weighted by molar-refractivity contribution is -0.114. The molecule has 0 saturated carbocycles. The number of benzene rings is 2. The second-order valence-corrected chi connectivity index (χ2v) is 7.97. The second kappa shape index (κ2) is 6.51. The van der Waals surface area contributed by atoms with Gasteiger partial charge in [-0.3, -0.25) is 4.79 Å². The minimum absolute atomic E-state index is 0.0382. The highest BCUT2D eigenvalue weighted by Crippen LogP contribution is 2.31. The minimum atomic E-state index is -3.61. The van der Waals surface area contributed by atoms with Crippen molar-refractivity contribution in [1.29, 1.82) is 0 Å². The third kappa shape index (κ3) is 3.02. The van der Waals surface area contributed by atoms with Crippen molar-refractivity contribution in [3.63, 3.8) is 0 Å². The molecule has 1 heterocycles. The fraction of sp³-hybridized carbons (Fsp3) is 0.353. The highest BCUT2D eigenvalue weighted by Gasteiger charge is 2.31. The highest BCUT2D eigenvalue weighted by molar-refractivity contribution is 7.89. The van der Waals surface area contributed by atoms with Crippen LogP contribution in [-0.4, -0.2) is 44.8 Å². The van der Waals surface area contributed by atoms with Crippen LogP contribution in [0.25, 0.3) is 10.8 Å². The summed E-state index contributed by atoms with van der Waals surface area (Å²) in [7, 11) is -1.99. The van der Waals surface area contributed by atoms with Gasteiger partial charge in [0.2, 0.25) is 15.9 Å². The van der Waals surface area contributed by atoms with Gasteiger partial charge in [-0.05, 0) is 25.1 Å². The number of likely N-dealkylation sites (N-methyl/N-ethyl adjacent to an activating group) is 1. The van der Waals surface area contributed by atoms with Crippen LogP contribution in [0.15, 0.2) is 41.3 Å². The number of rotatable bonds is 4. The van der Waals surface area contributed by atoms with Crippen LogP contribution < -0.4 is 10.6 Å². The van der Waals surface area contributed by atoms with Crippen LogP contribution in [0.3, 0.4) is 0 Å². The molecule has 1 aliphatic rings. The van der Waals surface area contributed by atoms with E-state index in [-0.39, 0.29) is 16.8 Å². The third-order valence-electron chi connectivity index (χ3n) is 4.40. The zero-order chi connectivity index (χ0) is 17.3. The van der Waals surface area contributed by atoms with Gasteiger partial charge in [0, 0.05) is 43.0 Å². The molecule has 1 atom stereocenters. The average molecular weight is 347 g/mol. The van der Waals surface area contributed by atoms with Crippen LogP contribution in [0, 0.1) is 0 Å². The van der Waals surface area contributed by atoms with E-state index in [0.29, 0.717) is 23.0 Å². The molecule has 0 aliphatic carbocycles. The monoisotopic (exact) mass is 347 g/mol. The largest absolute Gasteiger partial charge is 0.326 e. The topological polar surface area (TPSA) is 78.5 Å². The molecule has 24 heavy (non-hydrogen) atoms. The number of amides is 1. The van der Waals surface area contributed by atoms with Crippen molar-refractivity contribution in [2.45, 2.75) is 24.3 Å². The Morgan fingerprint density at radius 1 is 1.21 bits per heavy atom. The summed E-state index contributed by atoms with van der Waals surface area (Å²) >= 11 is 0. The van der Waals surface area contributed by atoms with E-state index in [1.165, 1.54) is 11.2 Å². The van der Waals surface area contributed by atoms with E-state index in [4.69, 9.17) is 0 Å². The van der Waals surface area contributed by atoms with Gasteiger partial charge in [-0.25, -0.2) is 8.42 Å². The van der Waals surface area contributed by atoms with E-state index < -0.39 is 10.0 Å². The third-order valence-corrected chi connectivity index (χ3v) is 6.37. The lowest BCUT2D eigenvalue weighted by atomic mass is 10.1. The molecule has 0 radical (unpaired) electrons. The Bertz CT molecular complexity index is 874. The van der Waals surface area contributed by atoms with Gasteiger partial charge in [-0.15, -0.1) is 0 Å². The summed E-state index contributed by atoms with van der Waals surface area (Å²) < 4.78 is 27.6. The van der Waals surface area contributed by atoms with E-state index in [0.717, 1.165) is 13.0 Å². The summed E-state index contributed by atoms with van der Waals surface area (Å²) in [6.07, 6.45) is 0.803. The van der Waals surface area contributed by atoms with Gasteiger partial charge in [0.05, 0.1) is 4.90 Å². The summed E-state index contributed by atoms with van der Waals surface area (Å²) in [6, 6.07) is 10.4. The second-order valence-electron chi connectivity index (χ2n) is 6.01. The van der Waals surface area contributed by atoms with E-state index in [1.54, 1.807) is 31.3 Å². The van der Waals surface area contributed by atoms with E-state index >= 15 is 0 Å². The molecule has 6 nitrogen and oxygen atoms in total. The van der Waals surface area contributed by atoms with Gasteiger partial charge in [0.1, 0.15) is 0 Å². The van der Waals surface area contributed by atoms with Crippen molar-refractivity contribution in [1.82, 2.24) is 9.62 Å². The Hall–Kier alpha value is -1.96. The molecule has 1 aliphatic heterocycles. The molecule has 1 amide bonds. The Morgan fingerprint density at radius 3 is 2.54 bits per heavy atom. The summed E-state index contributed by atoms with van der Waals surface area (Å²) in [5, 5.41) is 7.27. The zero-order valence-corrected chi connectivity index (χ0v) is 14.6. The Balaban J connectivity index is 2.11. The van der Waals surface area contributed by atoms with E-state index in [2.05, 4.69) is 10.6 Å². The fourth-order valence-corrected chi connectivity index (χ4v) is 4.67. The van der Waals surface area contributed by atoms with Crippen LogP contribution in [-0.2, 0) is 14.8 Å². The minimum Gasteiger partial charge on any atom is -0.326 e. The van der Waals surface area contributed by atoms with Gasteiger partial charge in [0.25, 0.3) is 0 Å². The van der Waals surface area contributed by atoms with Crippen molar-refractivity contribution in [2.24, 2.45) is 0 Å². The van der Waals surface area contributed by atoms with Crippen LogP contribution >= 0.6 is 0 Å². The van der Waals surface area contributed by atoms with Gasteiger partial charge >= 0.3 is 0 Å². The van der Waals surface area contributed by atoms with Crippen LogP contribution in [0.1, 0.15) is 13.3 Å². The van der Waals surface area contributed by atoms with Crippen molar-refractivity contribution in [2.75, 3.05) is 25.5 Å². The maximum atomic E-state index is 13.1. The number of nitrogens with one attached hydrogen (secondary N) is 2. The predicted octanol–water partition coefficient (Wildman–Crippen LogP) is 1.78. The van der Waals surface area contributed by atoms with Crippen molar-refractivity contribution in [3.8, 4) is 0 Å². The first kappa shape index (κ1) is 16.9. The SMILES string of the molecule is CC(=O)Nc1ccc(S(=O)(=O)N(C)C2CCNC2)c2ccccc12. The quantitative estimate of drug-likeness (QED) is 0.884. The molecule has 2 N–H and O–H groups in total. The Kier molecular flexibility index (Phi) is 4.58. The molecule has 0 bridgehead atoms. The molecule has 1 saturated heterocycles. The van der Waals surface area contributed by atoms with Gasteiger partial charge < -0.3 is 10.6 Å². The molecular weight excluding hydrogens is 326 g/mol. The lowest BCUT2D eigenvalue weighted by Crippen LogP contribution is -2.38. The number of nitrogens with zero attached hydrogens (tertiary/aromatic N) is 1. The van der Waals surface area contributed by atoms with Gasteiger partial charge in [-0.2, -0.15) is 4.31 Å². The summed E-state index contributed by atoms with van der Waals surface area (Å²) in [5.41, 5.74) is 0.613. The molecule has 128 valence electrons. The number of sulfonamides is 1. The molecule has 1 unspecified atom stereocenters. The molecule has 7 heteroatoms. The number of carbonyl (C=O) groups is 1. The van der Waals surface area contributed by atoms with Crippen molar-refractivity contribution < 1.29 is 13.2 Å². The molecule has 3 rings (SSSR count). The number of fused-ring (bicyclic) bond motifs is 1. The first-order valence-corrected chi connectivity index (χ1v) is 9.33.